The largest absolute Gasteiger partial charge is 0.490 e. The smallest absolute Gasteiger partial charge is 0.338 e. The van der Waals surface area contributed by atoms with Gasteiger partial charge in [-0.05, 0) is 44.2 Å². The van der Waals surface area contributed by atoms with Crippen LogP contribution in [-0.4, -0.2) is 51.0 Å². The van der Waals surface area contributed by atoms with Gasteiger partial charge in [0, 0.05) is 0 Å². The zero-order valence-corrected chi connectivity index (χ0v) is 17.0. The number of hydrogen-bond donors (Lipinski definition) is 1. The standard InChI is InChI=1S/C22H25NO7/c1-3-26-18-10-9-15(11-20(18)27-4-2)22(25)29-14-21(24)23-12-16-13-28-17-7-5-6-8-19(17)30-16/h5-11,16H,3-4,12-14H2,1-2H3,(H,23,24)/t16-/m1/s1. The molecular formula is C22H25NO7. The van der Waals surface area contributed by atoms with E-state index in [4.69, 9.17) is 23.7 Å². The SMILES string of the molecule is CCOc1ccc(C(=O)OCC(=O)NC[C@@H]2COc3ccccc3O2)cc1OCC. The van der Waals surface area contributed by atoms with Crippen molar-refractivity contribution in [1.29, 1.82) is 0 Å². The monoisotopic (exact) mass is 415 g/mol. The van der Waals surface area contributed by atoms with Gasteiger partial charge in [-0.15, -0.1) is 0 Å². The molecule has 1 heterocycles. The van der Waals surface area contributed by atoms with Crippen LogP contribution in [0.2, 0.25) is 0 Å². The minimum Gasteiger partial charge on any atom is -0.490 e. The number of benzene rings is 2. The molecule has 0 aliphatic carbocycles. The Bertz CT molecular complexity index is 884. The normalized spacial score (nSPS) is 14.5. The maximum atomic E-state index is 12.3. The molecule has 0 saturated heterocycles. The molecule has 1 atom stereocenters. The highest BCUT2D eigenvalue weighted by molar-refractivity contribution is 5.92. The van der Waals surface area contributed by atoms with E-state index in [0.29, 0.717) is 42.8 Å². The van der Waals surface area contributed by atoms with E-state index >= 15 is 0 Å². The van der Waals surface area contributed by atoms with Crippen LogP contribution in [0.15, 0.2) is 42.5 Å². The number of amides is 1. The highest BCUT2D eigenvalue weighted by atomic mass is 16.6. The molecule has 1 N–H and O–H groups in total. The molecule has 2 aromatic rings. The predicted octanol–water partition coefficient (Wildman–Crippen LogP) is 2.60. The molecule has 1 aliphatic heterocycles. The molecule has 160 valence electrons. The molecule has 0 unspecified atom stereocenters. The molecule has 0 saturated carbocycles. The van der Waals surface area contributed by atoms with E-state index < -0.39 is 18.5 Å². The van der Waals surface area contributed by atoms with Crippen molar-refractivity contribution in [2.45, 2.75) is 20.0 Å². The summed E-state index contributed by atoms with van der Waals surface area (Å²) in [7, 11) is 0. The van der Waals surface area contributed by atoms with Gasteiger partial charge in [0.1, 0.15) is 12.7 Å². The third-order valence-corrected chi connectivity index (χ3v) is 4.21. The maximum Gasteiger partial charge on any atom is 0.338 e. The van der Waals surface area contributed by atoms with Crippen LogP contribution >= 0.6 is 0 Å². The first-order valence-corrected chi connectivity index (χ1v) is 9.82. The molecule has 8 nitrogen and oxygen atoms in total. The Labute approximate surface area is 175 Å². The summed E-state index contributed by atoms with van der Waals surface area (Å²) < 4.78 is 27.4. The van der Waals surface area contributed by atoms with Crippen molar-refractivity contribution in [3.05, 3.63) is 48.0 Å². The van der Waals surface area contributed by atoms with Gasteiger partial charge < -0.3 is 29.0 Å². The number of fused-ring (bicyclic) bond motifs is 1. The van der Waals surface area contributed by atoms with Gasteiger partial charge in [0.25, 0.3) is 5.91 Å². The Morgan fingerprint density at radius 2 is 1.77 bits per heavy atom. The summed E-state index contributed by atoms with van der Waals surface area (Å²) >= 11 is 0. The number of carbonyl (C=O) groups excluding carboxylic acids is 2. The van der Waals surface area contributed by atoms with E-state index in [1.54, 1.807) is 24.3 Å². The molecule has 0 aromatic heterocycles. The van der Waals surface area contributed by atoms with Crippen LogP contribution in [0.3, 0.4) is 0 Å². The van der Waals surface area contributed by atoms with E-state index in [1.807, 2.05) is 32.0 Å². The predicted molar refractivity (Wildman–Crippen MR) is 108 cm³/mol. The average molecular weight is 415 g/mol. The van der Waals surface area contributed by atoms with Crippen LogP contribution in [0.4, 0.5) is 0 Å². The zero-order chi connectivity index (χ0) is 21.3. The van der Waals surface area contributed by atoms with Crippen molar-refractivity contribution in [3.63, 3.8) is 0 Å². The summed E-state index contributed by atoms with van der Waals surface area (Å²) in [6, 6.07) is 12.1. The van der Waals surface area contributed by atoms with Crippen molar-refractivity contribution in [2.75, 3.05) is 33.0 Å². The van der Waals surface area contributed by atoms with Gasteiger partial charge in [0.2, 0.25) is 0 Å². The Morgan fingerprint density at radius 1 is 1.03 bits per heavy atom. The van der Waals surface area contributed by atoms with Crippen molar-refractivity contribution in [1.82, 2.24) is 5.32 Å². The number of hydrogen-bond acceptors (Lipinski definition) is 7. The van der Waals surface area contributed by atoms with Gasteiger partial charge >= 0.3 is 5.97 Å². The summed E-state index contributed by atoms with van der Waals surface area (Å²) in [6.07, 6.45) is -0.320. The first kappa shape index (κ1) is 21.3. The highest BCUT2D eigenvalue weighted by Gasteiger charge is 2.21. The van der Waals surface area contributed by atoms with Gasteiger partial charge in [-0.1, -0.05) is 12.1 Å². The van der Waals surface area contributed by atoms with Crippen molar-refractivity contribution < 1.29 is 33.3 Å². The van der Waals surface area contributed by atoms with Crippen molar-refractivity contribution in [3.8, 4) is 23.0 Å². The number of esters is 1. The minimum atomic E-state index is -0.625. The molecule has 30 heavy (non-hydrogen) atoms. The van der Waals surface area contributed by atoms with Crippen LogP contribution < -0.4 is 24.3 Å². The lowest BCUT2D eigenvalue weighted by atomic mass is 10.2. The molecule has 1 aliphatic rings. The van der Waals surface area contributed by atoms with Crippen LogP contribution in [-0.2, 0) is 9.53 Å². The van der Waals surface area contributed by atoms with Gasteiger partial charge in [0.05, 0.1) is 25.3 Å². The minimum absolute atomic E-state index is 0.238. The van der Waals surface area contributed by atoms with Crippen LogP contribution in [0.25, 0.3) is 0 Å². The summed E-state index contributed by atoms with van der Waals surface area (Å²) in [4.78, 5) is 24.3. The van der Waals surface area contributed by atoms with Crippen molar-refractivity contribution >= 4 is 11.9 Å². The van der Waals surface area contributed by atoms with E-state index in [2.05, 4.69) is 5.32 Å². The number of para-hydroxylation sites is 2. The zero-order valence-electron chi connectivity index (χ0n) is 17.0. The third kappa shape index (κ3) is 5.56. The van der Waals surface area contributed by atoms with E-state index in [0.717, 1.165) is 0 Å². The quantitative estimate of drug-likeness (QED) is 0.630. The Balaban J connectivity index is 1.46. The number of rotatable bonds is 9. The second-order valence-electron chi connectivity index (χ2n) is 6.41. The van der Waals surface area contributed by atoms with Gasteiger partial charge in [0.15, 0.2) is 29.6 Å². The first-order chi connectivity index (χ1) is 14.6. The fourth-order valence-electron chi connectivity index (χ4n) is 2.83. The van der Waals surface area contributed by atoms with Crippen LogP contribution in [0.1, 0.15) is 24.2 Å². The van der Waals surface area contributed by atoms with Crippen LogP contribution in [0, 0.1) is 0 Å². The number of ether oxygens (including phenoxy) is 5. The summed E-state index contributed by atoms with van der Waals surface area (Å²) in [5.41, 5.74) is 0.273. The molecule has 8 heteroatoms. The lowest BCUT2D eigenvalue weighted by Crippen LogP contribution is -2.42. The Hall–Kier alpha value is -3.42. The summed E-state index contributed by atoms with van der Waals surface area (Å²) in [5, 5.41) is 2.68. The summed E-state index contributed by atoms with van der Waals surface area (Å²) in [6.45, 7) is 4.76. The Morgan fingerprint density at radius 3 is 2.53 bits per heavy atom. The molecule has 1 amide bonds. The van der Waals surface area contributed by atoms with Crippen molar-refractivity contribution in [2.24, 2.45) is 0 Å². The third-order valence-electron chi connectivity index (χ3n) is 4.21. The molecule has 0 spiro atoms. The maximum absolute atomic E-state index is 12.3. The van der Waals surface area contributed by atoms with E-state index in [-0.39, 0.29) is 18.2 Å². The Kier molecular flexibility index (Phi) is 7.37. The van der Waals surface area contributed by atoms with E-state index in [9.17, 15) is 9.59 Å². The molecule has 0 fully saturated rings. The number of nitrogens with one attached hydrogen (secondary N) is 1. The fraction of sp³-hybridized carbons (Fsp3) is 0.364. The lowest BCUT2D eigenvalue weighted by molar-refractivity contribution is -0.124. The average Bonchev–Trinajstić information content (AvgIpc) is 2.77. The fourth-order valence-corrected chi connectivity index (χ4v) is 2.83. The first-order valence-electron chi connectivity index (χ1n) is 9.82. The second kappa shape index (κ2) is 10.4. The second-order valence-corrected chi connectivity index (χ2v) is 6.41. The molecular weight excluding hydrogens is 390 g/mol. The van der Waals surface area contributed by atoms with E-state index in [1.165, 1.54) is 0 Å². The highest BCUT2D eigenvalue weighted by Crippen LogP contribution is 2.31. The molecule has 0 bridgehead atoms. The van der Waals surface area contributed by atoms with Crippen LogP contribution in [0.5, 0.6) is 23.0 Å². The summed E-state index contributed by atoms with van der Waals surface area (Å²) in [5.74, 6) is 1.26. The molecule has 3 rings (SSSR count). The topological polar surface area (TPSA) is 92.3 Å². The van der Waals surface area contributed by atoms with Gasteiger partial charge in [-0.2, -0.15) is 0 Å². The molecule has 0 radical (unpaired) electrons. The number of carbonyl (C=O) groups is 2. The van der Waals surface area contributed by atoms with Gasteiger partial charge in [-0.3, -0.25) is 4.79 Å². The van der Waals surface area contributed by atoms with Gasteiger partial charge in [-0.25, -0.2) is 4.79 Å². The molecule has 2 aromatic carbocycles. The lowest BCUT2D eigenvalue weighted by Gasteiger charge is -2.26.